The fraction of sp³-hybridized carbons (Fsp3) is 0.429. The lowest BCUT2D eigenvalue weighted by Gasteiger charge is -2.22. The summed E-state index contributed by atoms with van der Waals surface area (Å²) < 4.78 is 7.80. The summed E-state index contributed by atoms with van der Waals surface area (Å²) in [6.45, 7) is 5.56. The van der Waals surface area contributed by atoms with Crippen molar-refractivity contribution in [2.75, 3.05) is 27.2 Å². The maximum absolute atomic E-state index is 5.98. The van der Waals surface area contributed by atoms with Gasteiger partial charge in [0, 0.05) is 30.7 Å². The first-order valence-electron chi connectivity index (χ1n) is 9.66. The van der Waals surface area contributed by atoms with E-state index in [0.717, 1.165) is 34.8 Å². The second kappa shape index (κ2) is 8.93. The second-order valence-electron chi connectivity index (χ2n) is 7.20. The molecular weight excluding hydrogens is 352 g/mol. The highest BCUT2D eigenvalue weighted by Gasteiger charge is 2.17. The normalized spacial score (nSPS) is 14.4. The molecule has 0 saturated heterocycles. The van der Waals surface area contributed by atoms with Crippen LogP contribution in [0.2, 0.25) is 0 Å². The van der Waals surface area contributed by atoms with E-state index in [1.807, 2.05) is 42.3 Å². The molecule has 0 saturated carbocycles. The van der Waals surface area contributed by atoms with Crippen molar-refractivity contribution in [1.82, 2.24) is 25.3 Å². The molecular formula is C21H30N6O. The van der Waals surface area contributed by atoms with Gasteiger partial charge in [0.05, 0.1) is 24.8 Å². The first kappa shape index (κ1) is 19.9. The number of nitrogens with zero attached hydrogens (tertiary/aromatic N) is 4. The van der Waals surface area contributed by atoms with Crippen LogP contribution >= 0.6 is 0 Å². The van der Waals surface area contributed by atoms with Crippen molar-refractivity contribution in [2.45, 2.75) is 25.9 Å². The topological polar surface area (TPSA) is 70.6 Å². The van der Waals surface area contributed by atoms with Gasteiger partial charge < -0.3 is 20.0 Å². The molecule has 7 heteroatoms. The van der Waals surface area contributed by atoms with Gasteiger partial charge in [-0.05, 0) is 40.1 Å². The molecule has 2 aromatic heterocycles. The number of benzene rings is 1. The predicted molar refractivity (Wildman–Crippen MR) is 113 cm³/mol. The number of furan rings is 1. The second-order valence-corrected chi connectivity index (χ2v) is 7.20. The molecule has 28 heavy (non-hydrogen) atoms. The fourth-order valence-electron chi connectivity index (χ4n) is 3.17. The first-order valence-corrected chi connectivity index (χ1v) is 9.66. The zero-order valence-electron chi connectivity index (χ0n) is 17.3. The third kappa shape index (κ3) is 4.72. The summed E-state index contributed by atoms with van der Waals surface area (Å²) in [5.41, 5.74) is 2.05. The van der Waals surface area contributed by atoms with Crippen LogP contribution < -0.4 is 10.6 Å². The number of aryl methyl sites for hydroxylation is 1. The fourth-order valence-corrected chi connectivity index (χ4v) is 3.17. The predicted octanol–water partition coefficient (Wildman–Crippen LogP) is 3.09. The van der Waals surface area contributed by atoms with Crippen molar-refractivity contribution in [3.05, 3.63) is 54.0 Å². The Hall–Kier alpha value is -2.80. The van der Waals surface area contributed by atoms with Gasteiger partial charge in [-0.1, -0.05) is 18.2 Å². The highest BCUT2D eigenvalue weighted by Crippen LogP contribution is 2.23. The van der Waals surface area contributed by atoms with Crippen LogP contribution in [0.25, 0.3) is 11.0 Å². The standard InChI is InChI=1S/C21H30N6O/c1-6-22-21(23-13-18(26(3)4)17-12-24-27(5)14-17)25-15(2)20-11-16-9-7-8-10-19(16)28-20/h7-12,14-15,18H,6,13H2,1-5H3,(H2,22,23,25). The molecule has 0 aliphatic rings. The number of hydrogen-bond donors (Lipinski definition) is 2. The van der Waals surface area contributed by atoms with Crippen LogP contribution in [0.5, 0.6) is 0 Å². The number of likely N-dealkylation sites (N-methyl/N-ethyl adjacent to an activating group) is 1. The van der Waals surface area contributed by atoms with Crippen molar-refractivity contribution < 1.29 is 4.42 Å². The van der Waals surface area contributed by atoms with Crippen LogP contribution in [-0.2, 0) is 7.05 Å². The number of guanidine groups is 1. The zero-order chi connectivity index (χ0) is 20.1. The summed E-state index contributed by atoms with van der Waals surface area (Å²) in [6.07, 6.45) is 3.94. The summed E-state index contributed by atoms with van der Waals surface area (Å²) in [5, 5.41) is 12.2. The maximum atomic E-state index is 5.98. The number of aliphatic imine (C=N–C) groups is 1. The number of aromatic nitrogens is 2. The van der Waals surface area contributed by atoms with Gasteiger partial charge in [-0.2, -0.15) is 5.10 Å². The highest BCUT2D eigenvalue weighted by molar-refractivity contribution is 5.81. The molecule has 0 radical (unpaired) electrons. The van der Waals surface area contributed by atoms with Gasteiger partial charge in [0.25, 0.3) is 0 Å². The molecule has 2 atom stereocenters. The molecule has 7 nitrogen and oxygen atoms in total. The Morgan fingerprint density at radius 1 is 1.32 bits per heavy atom. The van der Waals surface area contributed by atoms with E-state index in [-0.39, 0.29) is 12.1 Å². The van der Waals surface area contributed by atoms with Gasteiger partial charge in [0.1, 0.15) is 11.3 Å². The molecule has 0 spiro atoms. The third-order valence-corrected chi connectivity index (χ3v) is 4.72. The van der Waals surface area contributed by atoms with Crippen molar-refractivity contribution in [3.63, 3.8) is 0 Å². The van der Waals surface area contributed by atoms with Gasteiger partial charge in [-0.3, -0.25) is 9.67 Å². The van der Waals surface area contributed by atoms with E-state index in [1.165, 1.54) is 0 Å². The lowest BCUT2D eigenvalue weighted by atomic mass is 10.1. The van der Waals surface area contributed by atoms with E-state index in [4.69, 9.17) is 9.41 Å². The minimum atomic E-state index is 0.00129. The number of para-hydroxylation sites is 1. The first-order chi connectivity index (χ1) is 13.5. The maximum Gasteiger partial charge on any atom is 0.191 e. The van der Waals surface area contributed by atoms with Crippen LogP contribution in [0.1, 0.15) is 37.3 Å². The Labute approximate surface area is 166 Å². The molecule has 2 heterocycles. The molecule has 3 rings (SSSR count). The summed E-state index contributed by atoms with van der Waals surface area (Å²) in [4.78, 5) is 6.97. The molecule has 0 amide bonds. The van der Waals surface area contributed by atoms with Crippen molar-refractivity contribution in [3.8, 4) is 0 Å². The third-order valence-electron chi connectivity index (χ3n) is 4.72. The smallest absolute Gasteiger partial charge is 0.191 e. The van der Waals surface area contributed by atoms with Gasteiger partial charge in [-0.15, -0.1) is 0 Å². The quantitative estimate of drug-likeness (QED) is 0.485. The summed E-state index contributed by atoms with van der Waals surface area (Å²) >= 11 is 0. The largest absolute Gasteiger partial charge is 0.459 e. The Kier molecular flexibility index (Phi) is 6.36. The minimum absolute atomic E-state index is 0.00129. The monoisotopic (exact) mass is 382 g/mol. The minimum Gasteiger partial charge on any atom is -0.459 e. The molecule has 0 aliphatic carbocycles. The van der Waals surface area contributed by atoms with Gasteiger partial charge >= 0.3 is 0 Å². The Balaban J connectivity index is 1.73. The van der Waals surface area contributed by atoms with Crippen molar-refractivity contribution >= 4 is 16.9 Å². The average molecular weight is 383 g/mol. The molecule has 0 bridgehead atoms. The van der Waals surface area contributed by atoms with Gasteiger partial charge in [0.15, 0.2) is 5.96 Å². The van der Waals surface area contributed by atoms with E-state index in [1.54, 1.807) is 0 Å². The van der Waals surface area contributed by atoms with Crippen molar-refractivity contribution in [1.29, 1.82) is 0 Å². The number of hydrogen-bond acceptors (Lipinski definition) is 4. The average Bonchev–Trinajstić information content (AvgIpc) is 3.28. The number of nitrogens with one attached hydrogen (secondary N) is 2. The molecule has 0 fully saturated rings. The molecule has 2 unspecified atom stereocenters. The zero-order valence-corrected chi connectivity index (χ0v) is 17.3. The van der Waals surface area contributed by atoms with Crippen molar-refractivity contribution in [2.24, 2.45) is 12.0 Å². The molecule has 0 aliphatic heterocycles. The Morgan fingerprint density at radius 3 is 2.75 bits per heavy atom. The van der Waals surface area contributed by atoms with Gasteiger partial charge in [-0.25, -0.2) is 0 Å². The Morgan fingerprint density at radius 2 is 2.11 bits per heavy atom. The SMILES string of the molecule is CCNC(=NCC(c1cnn(C)c1)N(C)C)NC(C)c1cc2ccccc2o1. The van der Waals surface area contributed by atoms with E-state index in [2.05, 4.69) is 60.7 Å². The van der Waals surface area contributed by atoms with Crippen LogP contribution in [0.4, 0.5) is 0 Å². The number of rotatable bonds is 7. The Bertz CT molecular complexity index is 893. The molecule has 1 aromatic carbocycles. The van der Waals surface area contributed by atoms with Crippen LogP contribution in [0.3, 0.4) is 0 Å². The molecule has 3 aromatic rings. The van der Waals surface area contributed by atoms with Crippen LogP contribution in [0.15, 0.2) is 52.1 Å². The summed E-state index contributed by atoms with van der Waals surface area (Å²) in [7, 11) is 6.05. The summed E-state index contributed by atoms with van der Waals surface area (Å²) in [5.74, 6) is 1.66. The molecule has 150 valence electrons. The van der Waals surface area contributed by atoms with E-state index in [9.17, 15) is 0 Å². The van der Waals surface area contributed by atoms with Crippen LogP contribution in [-0.4, -0.2) is 47.8 Å². The lowest BCUT2D eigenvalue weighted by Crippen LogP contribution is -2.39. The van der Waals surface area contributed by atoms with E-state index < -0.39 is 0 Å². The number of fused-ring (bicyclic) bond motifs is 1. The van der Waals surface area contributed by atoms with E-state index in [0.29, 0.717) is 6.54 Å². The van der Waals surface area contributed by atoms with Crippen LogP contribution in [0, 0.1) is 0 Å². The molecule has 2 N–H and O–H groups in total. The lowest BCUT2D eigenvalue weighted by molar-refractivity contribution is 0.306. The van der Waals surface area contributed by atoms with Gasteiger partial charge in [0.2, 0.25) is 0 Å². The van der Waals surface area contributed by atoms with E-state index >= 15 is 0 Å². The summed E-state index contributed by atoms with van der Waals surface area (Å²) in [6, 6.07) is 10.3. The highest BCUT2D eigenvalue weighted by atomic mass is 16.3.